The van der Waals surface area contributed by atoms with E-state index in [1.54, 1.807) is 7.11 Å². The van der Waals surface area contributed by atoms with Crippen molar-refractivity contribution < 1.29 is 14.2 Å². The zero-order chi connectivity index (χ0) is 13.5. The maximum Gasteiger partial charge on any atom is 0.161 e. The van der Waals surface area contributed by atoms with Gasteiger partial charge in [0.05, 0.1) is 19.8 Å². The van der Waals surface area contributed by atoms with Crippen LogP contribution in [-0.2, 0) is 4.74 Å². The first-order valence-corrected chi connectivity index (χ1v) is 6.63. The number of hydrogen-bond donors (Lipinski definition) is 1. The molecule has 2 rings (SSSR count). The molecule has 1 atom stereocenters. The van der Waals surface area contributed by atoms with Gasteiger partial charge in [0.1, 0.15) is 6.61 Å². The average Bonchev–Trinajstić information content (AvgIpc) is 2.48. The number of rotatable bonds is 6. The molecule has 0 spiro atoms. The molecular weight excluding hydrogens is 280 g/mol. The lowest BCUT2D eigenvalue weighted by Gasteiger charge is -2.32. The lowest BCUT2D eigenvalue weighted by atomic mass is 10.3. The molecule has 0 bridgehead atoms. The van der Waals surface area contributed by atoms with E-state index in [2.05, 4.69) is 4.90 Å². The van der Waals surface area contributed by atoms with E-state index in [0.717, 1.165) is 37.7 Å². The van der Waals surface area contributed by atoms with Crippen molar-refractivity contribution in [1.29, 1.82) is 0 Å². The largest absolute Gasteiger partial charge is 0.493 e. The molecule has 6 heteroatoms. The molecule has 0 radical (unpaired) electrons. The van der Waals surface area contributed by atoms with E-state index in [4.69, 9.17) is 19.9 Å². The van der Waals surface area contributed by atoms with E-state index < -0.39 is 0 Å². The van der Waals surface area contributed by atoms with Gasteiger partial charge in [-0.05, 0) is 12.1 Å². The van der Waals surface area contributed by atoms with Gasteiger partial charge in [-0.25, -0.2) is 0 Å². The molecule has 1 saturated heterocycles. The van der Waals surface area contributed by atoms with Crippen LogP contribution in [0.3, 0.4) is 0 Å². The van der Waals surface area contributed by atoms with Crippen molar-refractivity contribution in [1.82, 2.24) is 4.90 Å². The monoisotopic (exact) mass is 302 g/mol. The maximum absolute atomic E-state index is 5.76. The van der Waals surface area contributed by atoms with E-state index in [9.17, 15) is 0 Å². The number of benzene rings is 1. The van der Waals surface area contributed by atoms with Gasteiger partial charge < -0.3 is 19.9 Å². The fraction of sp³-hybridized carbons (Fsp3) is 0.571. The minimum atomic E-state index is 0. The van der Waals surface area contributed by atoms with Crippen LogP contribution in [0.2, 0.25) is 0 Å². The Kier molecular flexibility index (Phi) is 7.69. The number of halogens is 1. The number of nitrogens with two attached hydrogens (primary N) is 1. The van der Waals surface area contributed by atoms with Crippen LogP contribution in [0, 0.1) is 0 Å². The maximum atomic E-state index is 5.76. The summed E-state index contributed by atoms with van der Waals surface area (Å²) >= 11 is 0. The first-order chi connectivity index (χ1) is 9.33. The lowest BCUT2D eigenvalue weighted by Crippen LogP contribution is -2.46. The summed E-state index contributed by atoms with van der Waals surface area (Å²) in [4.78, 5) is 2.32. The fourth-order valence-corrected chi connectivity index (χ4v) is 2.15. The lowest BCUT2D eigenvalue weighted by molar-refractivity contribution is -0.0262. The minimum Gasteiger partial charge on any atom is -0.493 e. The van der Waals surface area contributed by atoms with Gasteiger partial charge in [0.15, 0.2) is 11.5 Å². The second-order valence-electron chi connectivity index (χ2n) is 4.53. The molecule has 2 N–H and O–H groups in total. The van der Waals surface area contributed by atoms with Crippen LogP contribution in [0.25, 0.3) is 0 Å². The molecule has 5 nitrogen and oxygen atoms in total. The van der Waals surface area contributed by atoms with Crippen LogP contribution in [0.15, 0.2) is 24.3 Å². The second-order valence-corrected chi connectivity index (χ2v) is 4.53. The van der Waals surface area contributed by atoms with Crippen molar-refractivity contribution in [2.24, 2.45) is 5.73 Å². The third-order valence-corrected chi connectivity index (χ3v) is 3.22. The molecule has 1 heterocycles. The predicted molar refractivity (Wildman–Crippen MR) is 81.0 cm³/mol. The molecule has 1 aliphatic rings. The smallest absolute Gasteiger partial charge is 0.161 e. The number of hydrogen-bond acceptors (Lipinski definition) is 5. The fourth-order valence-electron chi connectivity index (χ4n) is 2.15. The van der Waals surface area contributed by atoms with E-state index in [1.165, 1.54) is 0 Å². The third-order valence-electron chi connectivity index (χ3n) is 3.22. The van der Waals surface area contributed by atoms with E-state index in [1.807, 2.05) is 24.3 Å². The third kappa shape index (κ3) is 4.83. The first kappa shape index (κ1) is 17.0. The SMILES string of the molecule is COc1ccccc1OCCN1CCOC(CN)C1.Cl. The van der Waals surface area contributed by atoms with Crippen molar-refractivity contribution in [2.75, 3.05) is 46.5 Å². The van der Waals surface area contributed by atoms with Crippen LogP contribution in [0.1, 0.15) is 0 Å². The molecule has 1 fully saturated rings. The molecule has 0 aliphatic carbocycles. The summed E-state index contributed by atoms with van der Waals surface area (Å²) in [5, 5.41) is 0. The highest BCUT2D eigenvalue weighted by Gasteiger charge is 2.18. The van der Waals surface area contributed by atoms with Gasteiger partial charge in [-0.2, -0.15) is 0 Å². The van der Waals surface area contributed by atoms with Crippen LogP contribution in [0.4, 0.5) is 0 Å². The number of methoxy groups -OCH3 is 1. The topological polar surface area (TPSA) is 57.0 Å². The Morgan fingerprint density at radius 3 is 2.80 bits per heavy atom. The zero-order valence-electron chi connectivity index (χ0n) is 11.8. The molecule has 1 aromatic rings. The normalized spacial score (nSPS) is 19.2. The highest BCUT2D eigenvalue weighted by atomic mass is 35.5. The van der Waals surface area contributed by atoms with Gasteiger partial charge in [0, 0.05) is 26.2 Å². The minimum absolute atomic E-state index is 0. The van der Waals surface area contributed by atoms with Crippen LogP contribution < -0.4 is 15.2 Å². The van der Waals surface area contributed by atoms with Gasteiger partial charge in [-0.15, -0.1) is 12.4 Å². The zero-order valence-corrected chi connectivity index (χ0v) is 12.6. The Bertz CT molecular complexity index is 392. The number of para-hydroxylation sites is 2. The second kappa shape index (κ2) is 9.02. The summed E-state index contributed by atoms with van der Waals surface area (Å²) in [5.74, 6) is 1.55. The Labute approximate surface area is 126 Å². The molecule has 0 saturated carbocycles. The Hall–Kier alpha value is -1.01. The predicted octanol–water partition coefficient (Wildman–Crippen LogP) is 1.16. The Morgan fingerprint density at radius 2 is 2.10 bits per heavy atom. The standard InChI is InChI=1S/C14H22N2O3.ClH/c1-17-13-4-2-3-5-14(13)19-9-7-16-6-8-18-12(10-15)11-16;/h2-5,12H,6-11,15H2,1H3;1H. The van der Waals surface area contributed by atoms with Gasteiger partial charge in [0.2, 0.25) is 0 Å². The molecule has 20 heavy (non-hydrogen) atoms. The quantitative estimate of drug-likeness (QED) is 0.854. The van der Waals surface area contributed by atoms with Crippen molar-refractivity contribution in [3.8, 4) is 11.5 Å². The molecule has 1 aliphatic heterocycles. The Morgan fingerprint density at radius 1 is 1.35 bits per heavy atom. The van der Waals surface area contributed by atoms with Crippen LogP contribution >= 0.6 is 12.4 Å². The van der Waals surface area contributed by atoms with Gasteiger partial charge in [0.25, 0.3) is 0 Å². The summed E-state index contributed by atoms with van der Waals surface area (Å²) in [5.41, 5.74) is 5.62. The number of nitrogens with zero attached hydrogens (tertiary/aromatic N) is 1. The van der Waals surface area contributed by atoms with Gasteiger partial charge in [-0.1, -0.05) is 12.1 Å². The molecule has 114 valence electrons. The van der Waals surface area contributed by atoms with Crippen molar-refractivity contribution >= 4 is 12.4 Å². The summed E-state index contributed by atoms with van der Waals surface area (Å²) < 4.78 is 16.5. The summed E-state index contributed by atoms with van der Waals surface area (Å²) in [6.07, 6.45) is 0.153. The molecule has 1 unspecified atom stereocenters. The molecule has 0 amide bonds. The Balaban J connectivity index is 0.00000200. The average molecular weight is 303 g/mol. The highest BCUT2D eigenvalue weighted by Crippen LogP contribution is 2.25. The molecule has 0 aromatic heterocycles. The first-order valence-electron chi connectivity index (χ1n) is 6.63. The van der Waals surface area contributed by atoms with Gasteiger partial charge in [-0.3, -0.25) is 4.90 Å². The molecule has 1 aromatic carbocycles. The van der Waals surface area contributed by atoms with Crippen molar-refractivity contribution in [3.05, 3.63) is 24.3 Å². The van der Waals surface area contributed by atoms with E-state index >= 15 is 0 Å². The van der Waals surface area contributed by atoms with E-state index in [0.29, 0.717) is 13.2 Å². The summed E-state index contributed by atoms with van der Waals surface area (Å²) in [6.45, 7) is 4.65. The molecular formula is C14H23ClN2O3. The number of ether oxygens (including phenoxy) is 3. The highest BCUT2D eigenvalue weighted by molar-refractivity contribution is 5.85. The number of morpholine rings is 1. The van der Waals surface area contributed by atoms with Gasteiger partial charge >= 0.3 is 0 Å². The van der Waals surface area contributed by atoms with Crippen molar-refractivity contribution in [3.63, 3.8) is 0 Å². The van der Waals surface area contributed by atoms with Crippen LogP contribution in [-0.4, -0.2) is 57.5 Å². The summed E-state index contributed by atoms with van der Waals surface area (Å²) in [7, 11) is 1.65. The van der Waals surface area contributed by atoms with Crippen LogP contribution in [0.5, 0.6) is 11.5 Å². The van der Waals surface area contributed by atoms with Crippen molar-refractivity contribution in [2.45, 2.75) is 6.10 Å². The van der Waals surface area contributed by atoms with E-state index in [-0.39, 0.29) is 18.5 Å². The summed E-state index contributed by atoms with van der Waals surface area (Å²) in [6, 6.07) is 7.69.